The molecular formula is C14H18N2O2S. The zero-order chi connectivity index (χ0) is 14.2. The second-order valence-corrected chi connectivity index (χ2v) is 5.41. The monoisotopic (exact) mass is 278 g/mol. The van der Waals surface area contributed by atoms with Gasteiger partial charge in [0.25, 0.3) is 0 Å². The lowest BCUT2D eigenvalue weighted by Crippen LogP contribution is -2.43. The molecule has 0 atom stereocenters. The fraction of sp³-hybridized carbons (Fsp3) is 0.429. The van der Waals surface area contributed by atoms with Gasteiger partial charge in [0.05, 0.1) is 16.1 Å². The highest BCUT2D eigenvalue weighted by Gasteiger charge is 2.54. The summed E-state index contributed by atoms with van der Waals surface area (Å²) in [7, 11) is 0. The number of nitrogens with two attached hydrogens (primary N) is 1. The predicted octanol–water partition coefficient (Wildman–Crippen LogP) is 2.12. The number of hydrogen-bond acceptors (Lipinski definition) is 3. The van der Waals surface area contributed by atoms with Crippen molar-refractivity contribution in [2.24, 2.45) is 11.1 Å². The van der Waals surface area contributed by atoms with E-state index in [-0.39, 0.29) is 16.6 Å². The van der Waals surface area contributed by atoms with E-state index in [2.05, 4.69) is 0 Å². The molecule has 1 aliphatic rings. The van der Waals surface area contributed by atoms with E-state index >= 15 is 0 Å². The van der Waals surface area contributed by atoms with Crippen LogP contribution in [0, 0.1) is 12.3 Å². The van der Waals surface area contributed by atoms with E-state index in [9.17, 15) is 9.90 Å². The van der Waals surface area contributed by atoms with Gasteiger partial charge in [-0.25, -0.2) is 0 Å². The summed E-state index contributed by atoms with van der Waals surface area (Å²) in [5.41, 5.74) is 6.70. The van der Waals surface area contributed by atoms with Crippen molar-refractivity contribution in [1.82, 2.24) is 0 Å². The molecule has 19 heavy (non-hydrogen) atoms. The molecule has 1 aromatic rings. The minimum Gasteiger partial charge on any atom is -0.508 e. The fourth-order valence-corrected chi connectivity index (χ4v) is 2.55. The lowest BCUT2D eigenvalue weighted by atomic mass is 10.0. The van der Waals surface area contributed by atoms with Gasteiger partial charge in [-0.05, 0) is 38.3 Å². The molecule has 2 rings (SSSR count). The van der Waals surface area contributed by atoms with Crippen LogP contribution < -0.4 is 10.6 Å². The number of carbonyl (C=O) groups is 1. The quantitative estimate of drug-likeness (QED) is 0.828. The molecule has 0 spiro atoms. The lowest BCUT2D eigenvalue weighted by Gasteiger charge is -2.27. The number of amides is 1. The zero-order valence-corrected chi connectivity index (χ0v) is 12.0. The summed E-state index contributed by atoms with van der Waals surface area (Å²) in [4.78, 5) is 14.6. The van der Waals surface area contributed by atoms with Crippen molar-refractivity contribution in [2.45, 2.75) is 26.7 Å². The van der Waals surface area contributed by atoms with E-state index in [4.69, 9.17) is 18.0 Å². The van der Waals surface area contributed by atoms with Crippen molar-refractivity contribution in [2.75, 3.05) is 11.4 Å². The summed E-state index contributed by atoms with van der Waals surface area (Å²) < 4.78 is 0. The molecule has 1 fully saturated rings. The SMILES string of the molecule is CCN(C(=O)C1(C(N)=S)CC1)c1cc(O)ccc1C. The van der Waals surface area contributed by atoms with Gasteiger partial charge in [-0.3, -0.25) is 4.79 Å². The van der Waals surface area contributed by atoms with E-state index in [1.54, 1.807) is 23.1 Å². The molecule has 0 aliphatic heterocycles. The Kier molecular flexibility index (Phi) is 3.49. The molecular weight excluding hydrogens is 260 g/mol. The second kappa shape index (κ2) is 4.81. The normalized spacial score (nSPS) is 15.9. The Balaban J connectivity index is 2.38. The molecule has 102 valence electrons. The topological polar surface area (TPSA) is 66.6 Å². The minimum absolute atomic E-state index is 0.0591. The summed E-state index contributed by atoms with van der Waals surface area (Å²) in [5, 5.41) is 9.60. The number of phenolic OH excluding ortho intramolecular Hbond substituents is 1. The Morgan fingerprint density at radius 3 is 2.63 bits per heavy atom. The van der Waals surface area contributed by atoms with Crippen LogP contribution >= 0.6 is 12.2 Å². The van der Waals surface area contributed by atoms with Crippen molar-refractivity contribution in [3.8, 4) is 5.75 Å². The first-order valence-corrected chi connectivity index (χ1v) is 6.74. The van der Waals surface area contributed by atoms with Gasteiger partial charge in [0, 0.05) is 12.6 Å². The third-order valence-corrected chi connectivity index (χ3v) is 4.07. The molecule has 1 aromatic carbocycles. The Hall–Kier alpha value is -1.62. The molecule has 0 saturated heterocycles. The molecule has 0 heterocycles. The van der Waals surface area contributed by atoms with Crippen LogP contribution in [0.5, 0.6) is 5.75 Å². The van der Waals surface area contributed by atoms with Crippen molar-refractivity contribution in [1.29, 1.82) is 0 Å². The highest BCUT2D eigenvalue weighted by molar-refractivity contribution is 7.80. The number of anilines is 1. The first-order chi connectivity index (χ1) is 8.92. The number of thiocarbonyl (C=S) groups is 1. The fourth-order valence-electron chi connectivity index (χ4n) is 2.26. The lowest BCUT2D eigenvalue weighted by molar-refractivity contribution is -0.121. The highest BCUT2D eigenvalue weighted by atomic mass is 32.1. The van der Waals surface area contributed by atoms with Crippen LogP contribution in [0.4, 0.5) is 5.69 Å². The minimum atomic E-state index is -0.663. The zero-order valence-electron chi connectivity index (χ0n) is 11.1. The number of rotatable bonds is 4. The Morgan fingerprint density at radius 2 is 2.16 bits per heavy atom. The van der Waals surface area contributed by atoms with Crippen LogP contribution in [-0.4, -0.2) is 22.5 Å². The van der Waals surface area contributed by atoms with Crippen LogP contribution in [0.3, 0.4) is 0 Å². The molecule has 5 heteroatoms. The summed E-state index contributed by atoms with van der Waals surface area (Å²) in [6.45, 7) is 4.33. The molecule has 0 radical (unpaired) electrons. The van der Waals surface area contributed by atoms with Gasteiger partial charge in [0.1, 0.15) is 5.75 Å². The first-order valence-electron chi connectivity index (χ1n) is 6.34. The number of aryl methyl sites for hydroxylation is 1. The smallest absolute Gasteiger partial charge is 0.240 e. The Morgan fingerprint density at radius 1 is 1.53 bits per heavy atom. The number of aromatic hydroxyl groups is 1. The van der Waals surface area contributed by atoms with Crippen molar-refractivity contribution >= 4 is 28.8 Å². The first kappa shape index (κ1) is 13.8. The maximum atomic E-state index is 12.6. The van der Waals surface area contributed by atoms with Crippen molar-refractivity contribution in [3.63, 3.8) is 0 Å². The van der Waals surface area contributed by atoms with Crippen LogP contribution in [0.25, 0.3) is 0 Å². The standard InChI is InChI=1S/C14H18N2O2S/c1-3-16(11-8-10(17)5-4-9(11)2)13(18)14(6-7-14)12(15)19/h4-5,8,17H,3,6-7H2,1-2H3,(H2,15,19). The van der Waals surface area contributed by atoms with Crippen LogP contribution in [0.1, 0.15) is 25.3 Å². The van der Waals surface area contributed by atoms with E-state index < -0.39 is 5.41 Å². The summed E-state index contributed by atoms with van der Waals surface area (Å²) >= 11 is 5.03. The van der Waals surface area contributed by atoms with Crippen molar-refractivity contribution in [3.05, 3.63) is 23.8 Å². The third-order valence-electron chi connectivity index (χ3n) is 3.68. The molecule has 1 saturated carbocycles. The number of benzene rings is 1. The summed E-state index contributed by atoms with van der Waals surface area (Å²) in [5.74, 6) is 0.0863. The summed E-state index contributed by atoms with van der Waals surface area (Å²) in [6.07, 6.45) is 1.44. The van der Waals surface area contributed by atoms with Crippen LogP contribution in [-0.2, 0) is 4.79 Å². The molecule has 1 aliphatic carbocycles. The number of carbonyl (C=O) groups excluding carboxylic acids is 1. The van der Waals surface area contributed by atoms with Gasteiger partial charge in [-0.1, -0.05) is 18.3 Å². The number of hydrogen-bond donors (Lipinski definition) is 2. The Bertz CT molecular complexity index is 538. The van der Waals surface area contributed by atoms with Gasteiger partial charge in [0.15, 0.2) is 0 Å². The molecule has 1 amide bonds. The number of nitrogens with zero attached hydrogens (tertiary/aromatic N) is 1. The maximum absolute atomic E-state index is 12.6. The van der Waals surface area contributed by atoms with E-state index in [0.717, 1.165) is 24.1 Å². The largest absolute Gasteiger partial charge is 0.508 e. The van der Waals surface area contributed by atoms with Gasteiger partial charge in [0.2, 0.25) is 5.91 Å². The third kappa shape index (κ3) is 2.30. The van der Waals surface area contributed by atoms with Crippen molar-refractivity contribution < 1.29 is 9.90 Å². The average Bonchev–Trinajstić information content (AvgIpc) is 3.15. The van der Waals surface area contributed by atoms with E-state index in [1.807, 2.05) is 13.8 Å². The van der Waals surface area contributed by atoms with Gasteiger partial charge in [-0.15, -0.1) is 0 Å². The van der Waals surface area contributed by atoms with Gasteiger partial charge < -0.3 is 15.7 Å². The van der Waals surface area contributed by atoms with Gasteiger partial charge >= 0.3 is 0 Å². The van der Waals surface area contributed by atoms with E-state index in [0.29, 0.717) is 6.54 Å². The molecule has 3 N–H and O–H groups in total. The van der Waals surface area contributed by atoms with Crippen LogP contribution in [0.15, 0.2) is 18.2 Å². The van der Waals surface area contributed by atoms with Gasteiger partial charge in [-0.2, -0.15) is 0 Å². The number of phenols is 1. The predicted molar refractivity (Wildman–Crippen MR) is 79.3 cm³/mol. The Labute approximate surface area is 118 Å². The molecule has 4 nitrogen and oxygen atoms in total. The van der Waals surface area contributed by atoms with E-state index in [1.165, 1.54) is 0 Å². The summed E-state index contributed by atoms with van der Waals surface area (Å²) in [6, 6.07) is 5.00. The highest BCUT2D eigenvalue weighted by Crippen LogP contribution is 2.48. The maximum Gasteiger partial charge on any atom is 0.240 e. The average molecular weight is 278 g/mol. The molecule has 0 aromatic heterocycles. The molecule has 0 unspecified atom stereocenters. The molecule has 0 bridgehead atoms. The second-order valence-electron chi connectivity index (χ2n) is 4.97. The van der Waals surface area contributed by atoms with Crippen LogP contribution in [0.2, 0.25) is 0 Å².